The molecule has 2 aromatic rings. The highest BCUT2D eigenvalue weighted by Gasteiger charge is 2.24. The minimum absolute atomic E-state index is 0.0908. The predicted molar refractivity (Wildman–Crippen MR) is 115 cm³/mol. The Morgan fingerprint density at radius 1 is 1.10 bits per heavy atom. The molecule has 1 aliphatic heterocycles. The Balaban J connectivity index is 1.61. The summed E-state index contributed by atoms with van der Waals surface area (Å²) in [6.07, 6.45) is 4.69. The third-order valence-corrected chi connectivity index (χ3v) is 5.04. The van der Waals surface area contributed by atoms with Crippen molar-refractivity contribution in [2.75, 3.05) is 32.1 Å². The van der Waals surface area contributed by atoms with Gasteiger partial charge in [-0.15, -0.1) is 0 Å². The van der Waals surface area contributed by atoms with Gasteiger partial charge in [0.1, 0.15) is 5.75 Å². The van der Waals surface area contributed by atoms with Crippen LogP contribution in [0.5, 0.6) is 5.75 Å². The Morgan fingerprint density at radius 3 is 2.40 bits per heavy atom. The fraction of sp³-hybridized carbons (Fsp3) is 0.455. The Labute approximate surface area is 177 Å². The van der Waals surface area contributed by atoms with E-state index in [0.717, 1.165) is 32.5 Å². The lowest BCUT2D eigenvalue weighted by Crippen LogP contribution is -2.45. The van der Waals surface area contributed by atoms with Gasteiger partial charge in [-0.2, -0.15) is 0 Å². The average molecular weight is 412 g/mol. The van der Waals surface area contributed by atoms with Crippen molar-refractivity contribution in [1.82, 2.24) is 20.2 Å². The van der Waals surface area contributed by atoms with Crippen molar-refractivity contribution in [2.24, 2.45) is 5.92 Å². The number of hydrogen-bond acceptors (Lipinski definition) is 6. The maximum absolute atomic E-state index is 12.8. The van der Waals surface area contributed by atoms with E-state index in [1.165, 1.54) is 12.4 Å². The SMILES string of the molecule is COc1ccc(C(=O)Nc2nccnc2C(=O)NC2CCN(CC(C)C)CC2)cc1. The topological polar surface area (TPSA) is 96.5 Å². The lowest BCUT2D eigenvalue weighted by Gasteiger charge is -2.33. The van der Waals surface area contributed by atoms with Crippen LogP contribution < -0.4 is 15.4 Å². The zero-order valence-electron chi connectivity index (χ0n) is 17.7. The lowest BCUT2D eigenvalue weighted by molar-refractivity contribution is 0.0903. The number of amides is 2. The van der Waals surface area contributed by atoms with E-state index in [1.807, 2.05) is 0 Å². The Morgan fingerprint density at radius 2 is 1.77 bits per heavy atom. The first-order chi connectivity index (χ1) is 14.5. The molecule has 0 aliphatic carbocycles. The monoisotopic (exact) mass is 411 g/mol. The highest BCUT2D eigenvalue weighted by molar-refractivity contribution is 6.07. The van der Waals surface area contributed by atoms with Gasteiger partial charge >= 0.3 is 0 Å². The zero-order valence-corrected chi connectivity index (χ0v) is 17.7. The van der Waals surface area contributed by atoms with Gasteiger partial charge in [0.15, 0.2) is 11.5 Å². The number of likely N-dealkylation sites (tertiary alicyclic amines) is 1. The Kier molecular flexibility index (Phi) is 7.35. The molecule has 1 aliphatic rings. The summed E-state index contributed by atoms with van der Waals surface area (Å²) < 4.78 is 5.11. The number of carbonyl (C=O) groups excluding carboxylic acids is 2. The van der Waals surface area contributed by atoms with Gasteiger partial charge in [-0.1, -0.05) is 13.8 Å². The number of nitrogens with zero attached hydrogens (tertiary/aromatic N) is 3. The molecule has 2 heterocycles. The van der Waals surface area contributed by atoms with Crippen LogP contribution in [-0.2, 0) is 0 Å². The smallest absolute Gasteiger partial charge is 0.273 e. The summed E-state index contributed by atoms with van der Waals surface area (Å²) in [6, 6.07) is 6.79. The van der Waals surface area contributed by atoms with Crippen molar-refractivity contribution in [3.63, 3.8) is 0 Å². The molecule has 30 heavy (non-hydrogen) atoms. The molecule has 0 unspecified atom stereocenters. The number of methoxy groups -OCH3 is 1. The maximum atomic E-state index is 12.8. The minimum atomic E-state index is -0.366. The fourth-order valence-corrected chi connectivity index (χ4v) is 3.55. The first kappa shape index (κ1) is 21.7. The first-order valence-electron chi connectivity index (χ1n) is 10.3. The van der Waals surface area contributed by atoms with Gasteiger partial charge in [-0.3, -0.25) is 9.59 Å². The van der Waals surface area contributed by atoms with Crippen LogP contribution in [0.3, 0.4) is 0 Å². The summed E-state index contributed by atoms with van der Waals surface area (Å²) in [6.45, 7) is 7.43. The average Bonchev–Trinajstić information content (AvgIpc) is 2.75. The summed E-state index contributed by atoms with van der Waals surface area (Å²) >= 11 is 0. The molecule has 1 saturated heterocycles. The second kappa shape index (κ2) is 10.2. The second-order valence-corrected chi connectivity index (χ2v) is 7.88. The number of aromatic nitrogens is 2. The van der Waals surface area contributed by atoms with E-state index in [4.69, 9.17) is 4.74 Å². The summed E-state index contributed by atoms with van der Waals surface area (Å²) in [7, 11) is 1.56. The van der Waals surface area contributed by atoms with Gasteiger partial charge in [0.25, 0.3) is 11.8 Å². The van der Waals surface area contributed by atoms with Crippen LogP contribution in [0, 0.1) is 5.92 Å². The van der Waals surface area contributed by atoms with Crippen LogP contribution in [0.2, 0.25) is 0 Å². The lowest BCUT2D eigenvalue weighted by atomic mass is 10.0. The molecule has 2 amide bonds. The fourth-order valence-electron chi connectivity index (χ4n) is 3.55. The van der Waals surface area contributed by atoms with Crippen LogP contribution in [0.25, 0.3) is 0 Å². The maximum Gasteiger partial charge on any atom is 0.273 e. The quantitative estimate of drug-likeness (QED) is 0.727. The largest absolute Gasteiger partial charge is 0.497 e. The highest BCUT2D eigenvalue weighted by atomic mass is 16.5. The van der Waals surface area contributed by atoms with Gasteiger partial charge < -0.3 is 20.3 Å². The van der Waals surface area contributed by atoms with Gasteiger partial charge in [0.2, 0.25) is 0 Å². The molecule has 0 spiro atoms. The molecular formula is C22H29N5O3. The molecule has 8 heteroatoms. The van der Waals surface area contributed by atoms with E-state index in [-0.39, 0.29) is 29.4 Å². The number of rotatable bonds is 7. The Bertz CT molecular complexity index is 861. The Hall–Kier alpha value is -3.00. The van der Waals surface area contributed by atoms with Crippen LogP contribution in [-0.4, -0.2) is 59.5 Å². The van der Waals surface area contributed by atoms with Crippen molar-refractivity contribution in [2.45, 2.75) is 32.7 Å². The van der Waals surface area contributed by atoms with Crippen molar-refractivity contribution < 1.29 is 14.3 Å². The standard InChI is InChI=1S/C22H29N5O3/c1-15(2)14-27-12-8-17(9-13-27)25-22(29)19-20(24-11-10-23-19)26-21(28)16-4-6-18(30-3)7-5-16/h4-7,10-11,15,17H,8-9,12-14H2,1-3H3,(H,25,29)(H,24,26,28). The first-order valence-corrected chi connectivity index (χ1v) is 10.3. The number of piperidine rings is 1. The summed E-state index contributed by atoms with van der Waals surface area (Å²) in [5.74, 6) is 0.746. The highest BCUT2D eigenvalue weighted by Crippen LogP contribution is 2.16. The number of ether oxygens (including phenoxy) is 1. The number of anilines is 1. The molecule has 2 N–H and O–H groups in total. The van der Waals surface area contributed by atoms with Crippen molar-refractivity contribution >= 4 is 17.6 Å². The van der Waals surface area contributed by atoms with Crippen LogP contribution in [0.4, 0.5) is 5.82 Å². The van der Waals surface area contributed by atoms with E-state index in [9.17, 15) is 9.59 Å². The molecule has 0 atom stereocenters. The van der Waals surface area contributed by atoms with Crippen molar-refractivity contribution in [3.8, 4) is 5.75 Å². The molecule has 1 aromatic heterocycles. The van der Waals surface area contributed by atoms with Gasteiger partial charge in [0.05, 0.1) is 7.11 Å². The molecular weight excluding hydrogens is 382 g/mol. The molecule has 8 nitrogen and oxygen atoms in total. The van der Waals surface area contributed by atoms with Crippen LogP contribution in [0.15, 0.2) is 36.7 Å². The molecule has 0 radical (unpaired) electrons. The van der Waals surface area contributed by atoms with Gasteiger partial charge in [-0.05, 0) is 43.0 Å². The van der Waals surface area contributed by atoms with E-state index in [2.05, 4.69) is 39.3 Å². The number of nitrogens with one attached hydrogen (secondary N) is 2. The van der Waals surface area contributed by atoms with E-state index in [0.29, 0.717) is 17.2 Å². The van der Waals surface area contributed by atoms with Crippen molar-refractivity contribution in [3.05, 3.63) is 47.9 Å². The molecule has 1 aromatic carbocycles. The molecule has 1 fully saturated rings. The summed E-state index contributed by atoms with van der Waals surface area (Å²) in [5, 5.41) is 5.73. The zero-order chi connectivity index (χ0) is 21.5. The summed E-state index contributed by atoms with van der Waals surface area (Å²) in [5.41, 5.74) is 0.550. The van der Waals surface area contributed by atoms with E-state index < -0.39 is 0 Å². The van der Waals surface area contributed by atoms with Gasteiger partial charge in [-0.25, -0.2) is 9.97 Å². The normalized spacial score (nSPS) is 15.1. The predicted octanol–water partition coefficient (Wildman–Crippen LogP) is 2.59. The van der Waals surface area contributed by atoms with E-state index in [1.54, 1.807) is 31.4 Å². The second-order valence-electron chi connectivity index (χ2n) is 7.88. The minimum Gasteiger partial charge on any atom is -0.497 e. The molecule has 160 valence electrons. The third-order valence-electron chi connectivity index (χ3n) is 5.04. The molecule has 0 bridgehead atoms. The van der Waals surface area contributed by atoms with E-state index >= 15 is 0 Å². The van der Waals surface area contributed by atoms with Gasteiger partial charge in [0, 0.05) is 43.6 Å². The number of benzene rings is 1. The number of hydrogen-bond donors (Lipinski definition) is 2. The molecule has 0 saturated carbocycles. The summed E-state index contributed by atoms with van der Waals surface area (Å²) in [4.78, 5) is 36.1. The van der Waals surface area contributed by atoms with Crippen molar-refractivity contribution in [1.29, 1.82) is 0 Å². The number of carbonyl (C=O) groups is 2. The van der Waals surface area contributed by atoms with Crippen LogP contribution >= 0.6 is 0 Å². The van der Waals surface area contributed by atoms with Crippen LogP contribution in [0.1, 0.15) is 47.5 Å². The third kappa shape index (κ3) is 5.76. The molecule has 3 rings (SSSR count).